The third kappa shape index (κ3) is 3.97. The molecule has 0 unspecified atom stereocenters. The van der Waals surface area contributed by atoms with Crippen LogP contribution in [0.1, 0.15) is 12.6 Å². The van der Waals surface area contributed by atoms with Crippen molar-refractivity contribution in [3.63, 3.8) is 0 Å². The number of nitrogens with zero attached hydrogens (tertiary/aromatic N) is 2. The van der Waals surface area contributed by atoms with Gasteiger partial charge in [0, 0.05) is 27.5 Å². The van der Waals surface area contributed by atoms with E-state index < -0.39 is 0 Å². The Morgan fingerprint density at radius 1 is 1.44 bits per heavy atom. The number of aromatic nitrogens is 4. The lowest BCUT2D eigenvalue weighted by atomic mass is 10.3. The molecule has 0 saturated heterocycles. The number of thioether (sulfide) groups is 1. The second-order valence-corrected chi connectivity index (χ2v) is 6.73. The van der Waals surface area contributed by atoms with Gasteiger partial charge in [-0.2, -0.15) is 4.68 Å². The Bertz CT molecular complexity index is 992. The molecule has 0 radical (unpaired) electrons. The molecule has 2 N–H and O–H groups in total. The van der Waals surface area contributed by atoms with Gasteiger partial charge in [0.15, 0.2) is 0 Å². The van der Waals surface area contributed by atoms with E-state index in [2.05, 4.69) is 21.6 Å². The molecule has 3 aromatic rings. The zero-order valence-corrected chi connectivity index (χ0v) is 15.2. The lowest BCUT2D eigenvalue weighted by Gasteiger charge is -2.01. The SMILES string of the molecule is C=C/C(=C\C(Cl)=C/C)SCc1cc(=O)n(-c2nc3ccccc3[nH]2)[nH]1. The summed E-state index contributed by atoms with van der Waals surface area (Å²) in [4.78, 5) is 20.8. The number of hydrogen-bond acceptors (Lipinski definition) is 3. The third-order valence-corrected chi connectivity index (χ3v) is 4.91. The molecule has 5 nitrogen and oxygen atoms in total. The minimum atomic E-state index is -0.162. The summed E-state index contributed by atoms with van der Waals surface area (Å²) in [7, 11) is 0. The van der Waals surface area contributed by atoms with Crippen molar-refractivity contribution in [2.24, 2.45) is 0 Å². The summed E-state index contributed by atoms with van der Waals surface area (Å²) in [6.07, 6.45) is 5.39. The molecule has 7 heteroatoms. The number of allylic oxidation sites excluding steroid dienone is 4. The van der Waals surface area contributed by atoms with Gasteiger partial charge in [-0.3, -0.25) is 9.89 Å². The highest BCUT2D eigenvalue weighted by Gasteiger charge is 2.10. The fourth-order valence-electron chi connectivity index (χ4n) is 2.26. The third-order valence-electron chi connectivity index (χ3n) is 3.51. The molecule has 0 saturated carbocycles. The molecule has 2 aromatic heterocycles. The van der Waals surface area contributed by atoms with E-state index in [0.29, 0.717) is 16.7 Å². The number of hydrogen-bond donors (Lipinski definition) is 2. The van der Waals surface area contributed by atoms with Crippen LogP contribution < -0.4 is 5.56 Å². The fourth-order valence-corrected chi connectivity index (χ4v) is 3.24. The lowest BCUT2D eigenvalue weighted by Crippen LogP contribution is -2.14. The molecule has 0 aliphatic heterocycles. The highest BCUT2D eigenvalue weighted by molar-refractivity contribution is 8.02. The maximum Gasteiger partial charge on any atom is 0.274 e. The lowest BCUT2D eigenvalue weighted by molar-refractivity contribution is 0.789. The Morgan fingerprint density at radius 3 is 2.96 bits per heavy atom. The molecule has 0 amide bonds. The standard InChI is InChI=1S/C18H17ClN4OS/c1-3-12(19)9-14(4-2)25-11-13-10-17(24)23(22-13)18-20-15-7-5-6-8-16(15)21-18/h3-10,22H,2,11H2,1H3,(H,20,21)/b12-3+,14-9+. The average molecular weight is 373 g/mol. The Kier molecular flexibility index (Phi) is 5.31. The summed E-state index contributed by atoms with van der Waals surface area (Å²) in [5.41, 5.74) is 2.32. The van der Waals surface area contributed by atoms with Gasteiger partial charge < -0.3 is 4.98 Å². The smallest absolute Gasteiger partial charge is 0.274 e. The van der Waals surface area contributed by atoms with Gasteiger partial charge in [0.1, 0.15) is 0 Å². The number of rotatable bonds is 6. The Balaban J connectivity index is 1.82. The maximum atomic E-state index is 12.3. The van der Waals surface area contributed by atoms with Crippen molar-refractivity contribution in [2.75, 3.05) is 0 Å². The summed E-state index contributed by atoms with van der Waals surface area (Å²) in [6, 6.07) is 9.21. The van der Waals surface area contributed by atoms with Crippen LogP contribution in [-0.2, 0) is 5.75 Å². The van der Waals surface area contributed by atoms with E-state index in [1.165, 1.54) is 4.68 Å². The van der Waals surface area contributed by atoms with Gasteiger partial charge in [0.25, 0.3) is 5.56 Å². The number of imidazole rings is 1. The highest BCUT2D eigenvalue weighted by Crippen LogP contribution is 2.23. The van der Waals surface area contributed by atoms with Crippen molar-refractivity contribution in [1.29, 1.82) is 0 Å². The first-order valence-corrected chi connectivity index (χ1v) is 9.02. The molecule has 0 aliphatic rings. The highest BCUT2D eigenvalue weighted by atomic mass is 35.5. The average Bonchev–Trinajstić information content (AvgIpc) is 3.21. The van der Waals surface area contributed by atoms with E-state index in [4.69, 9.17) is 11.6 Å². The number of aromatic amines is 2. The molecular weight excluding hydrogens is 356 g/mol. The van der Waals surface area contributed by atoms with E-state index in [0.717, 1.165) is 21.6 Å². The van der Waals surface area contributed by atoms with Crippen LogP contribution in [0.3, 0.4) is 0 Å². The summed E-state index contributed by atoms with van der Waals surface area (Å²) < 4.78 is 1.41. The van der Waals surface area contributed by atoms with E-state index in [1.54, 1.807) is 23.9 Å². The molecule has 1 aromatic carbocycles. The predicted octanol–water partition coefficient (Wildman–Crippen LogP) is 4.49. The van der Waals surface area contributed by atoms with E-state index >= 15 is 0 Å². The Hall–Kier alpha value is -2.44. The zero-order valence-electron chi connectivity index (χ0n) is 13.6. The van der Waals surface area contributed by atoms with Gasteiger partial charge in [-0.15, -0.1) is 11.8 Å². The molecule has 0 aliphatic carbocycles. The summed E-state index contributed by atoms with van der Waals surface area (Å²) in [5, 5.41) is 3.73. The minimum absolute atomic E-state index is 0.162. The van der Waals surface area contributed by atoms with Crippen LogP contribution in [0, 0.1) is 0 Å². The van der Waals surface area contributed by atoms with Crippen molar-refractivity contribution in [3.05, 3.63) is 81.1 Å². The number of fused-ring (bicyclic) bond motifs is 1. The summed E-state index contributed by atoms with van der Waals surface area (Å²) >= 11 is 7.56. The van der Waals surface area contributed by atoms with Crippen molar-refractivity contribution in [3.8, 4) is 5.95 Å². The van der Waals surface area contributed by atoms with Gasteiger partial charge in [0.05, 0.1) is 11.0 Å². The zero-order chi connectivity index (χ0) is 17.8. The van der Waals surface area contributed by atoms with Gasteiger partial charge in [-0.05, 0) is 25.1 Å². The first kappa shape index (κ1) is 17.4. The number of H-pyrrole nitrogens is 2. The molecule has 2 heterocycles. The Labute approximate surface area is 154 Å². The molecule has 0 spiro atoms. The second-order valence-electron chi connectivity index (χ2n) is 5.25. The molecule has 0 atom stereocenters. The molecule has 0 bridgehead atoms. The quantitative estimate of drug-likeness (QED) is 0.626. The molecule has 3 rings (SSSR count). The van der Waals surface area contributed by atoms with Crippen molar-refractivity contribution < 1.29 is 0 Å². The number of benzene rings is 1. The predicted molar refractivity (Wildman–Crippen MR) is 105 cm³/mol. The van der Waals surface area contributed by atoms with Crippen LogP contribution in [-0.4, -0.2) is 19.7 Å². The monoisotopic (exact) mass is 372 g/mol. The van der Waals surface area contributed by atoms with Gasteiger partial charge in [-0.25, -0.2) is 4.98 Å². The Morgan fingerprint density at radius 2 is 2.24 bits per heavy atom. The van der Waals surface area contributed by atoms with Crippen LogP contribution in [0.5, 0.6) is 0 Å². The van der Waals surface area contributed by atoms with Crippen molar-refractivity contribution >= 4 is 34.4 Å². The second kappa shape index (κ2) is 7.63. The number of halogens is 1. The molecule has 0 fully saturated rings. The number of nitrogens with one attached hydrogen (secondary N) is 2. The summed E-state index contributed by atoms with van der Waals surface area (Å²) in [6.45, 7) is 5.66. The van der Waals surface area contributed by atoms with Gasteiger partial charge in [0.2, 0.25) is 5.95 Å². The van der Waals surface area contributed by atoms with Gasteiger partial charge >= 0.3 is 0 Å². The van der Waals surface area contributed by atoms with Gasteiger partial charge in [-0.1, -0.05) is 42.5 Å². The topological polar surface area (TPSA) is 66.5 Å². The largest absolute Gasteiger partial charge is 0.322 e. The summed E-state index contributed by atoms with van der Waals surface area (Å²) in [5.74, 6) is 1.06. The van der Waals surface area contributed by atoms with E-state index in [-0.39, 0.29) is 5.56 Å². The maximum absolute atomic E-state index is 12.3. The van der Waals surface area contributed by atoms with Crippen molar-refractivity contribution in [1.82, 2.24) is 19.7 Å². The first-order chi connectivity index (χ1) is 12.1. The molecule has 25 heavy (non-hydrogen) atoms. The van der Waals surface area contributed by atoms with E-state index in [1.807, 2.05) is 43.3 Å². The van der Waals surface area contributed by atoms with Crippen LogP contribution in [0.15, 0.2) is 69.9 Å². The van der Waals surface area contributed by atoms with Crippen LogP contribution in [0.4, 0.5) is 0 Å². The van der Waals surface area contributed by atoms with Crippen molar-refractivity contribution in [2.45, 2.75) is 12.7 Å². The number of para-hydroxylation sites is 2. The molecular formula is C18H17ClN4OS. The molecule has 128 valence electrons. The van der Waals surface area contributed by atoms with Crippen LogP contribution in [0.2, 0.25) is 0 Å². The van der Waals surface area contributed by atoms with Crippen LogP contribution >= 0.6 is 23.4 Å². The van der Waals surface area contributed by atoms with Crippen LogP contribution in [0.25, 0.3) is 17.0 Å². The first-order valence-electron chi connectivity index (χ1n) is 7.65. The minimum Gasteiger partial charge on any atom is -0.322 e. The van der Waals surface area contributed by atoms with E-state index in [9.17, 15) is 4.79 Å². The normalized spacial score (nSPS) is 12.7. The fraction of sp³-hybridized carbons (Fsp3) is 0.111.